The van der Waals surface area contributed by atoms with E-state index in [0.717, 1.165) is 11.1 Å². The number of rotatable bonds is 5. The molecule has 1 saturated heterocycles. The Bertz CT molecular complexity index is 894. The topological polar surface area (TPSA) is 97.0 Å². The molecule has 1 aliphatic rings. The highest BCUT2D eigenvalue weighted by Crippen LogP contribution is 2.23. The molecule has 132 valence electrons. The van der Waals surface area contributed by atoms with Crippen molar-refractivity contribution in [3.05, 3.63) is 75.3 Å². The molecule has 0 bridgehead atoms. The van der Waals surface area contributed by atoms with Crippen molar-refractivity contribution in [1.82, 2.24) is 5.32 Å². The Morgan fingerprint density at radius 1 is 1.27 bits per heavy atom. The van der Waals surface area contributed by atoms with E-state index in [1.54, 1.807) is 12.1 Å². The average Bonchev–Trinajstić information content (AvgIpc) is 2.95. The maximum absolute atomic E-state index is 12.1. The molecule has 2 aromatic carbocycles. The van der Waals surface area contributed by atoms with Crippen LogP contribution in [-0.4, -0.2) is 27.5 Å². The number of carbonyl (C=O) groups is 1. The standard InChI is InChI=1S/C18H16N4O3S/c1-12-3-2-4-14(9-12)10-16-17(23)20-18(26-16)21-19-11-13-5-7-15(8-6-13)22(24)25/h2-9,11,16H,10H2,1H3,(H,20,21,23)/t16-/m0/s1. The molecule has 7 nitrogen and oxygen atoms in total. The Morgan fingerprint density at radius 2 is 2.04 bits per heavy atom. The molecule has 3 rings (SSSR count). The van der Waals surface area contributed by atoms with Crippen LogP contribution in [0.1, 0.15) is 16.7 Å². The molecule has 0 spiro atoms. The number of amidine groups is 1. The van der Waals surface area contributed by atoms with Crippen molar-refractivity contribution in [3.8, 4) is 0 Å². The van der Waals surface area contributed by atoms with Gasteiger partial charge in [-0.2, -0.15) is 5.10 Å². The largest absolute Gasteiger partial charge is 0.303 e. The summed E-state index contributed by atoms with van der Waals surface area (Å²) < 4.78 is 0. The molecule has 2 aromatic rings. The first kappa shape index (κ1) is 17.8. The van der Waals surface area contributed by atoms with Crippen molar-refractivity contribution in [2.45, 2.75) is 18.6 Å². The lowest BCUT2D eigenvalue weighted by atomic mass is 10.1. The van der Waals surface area contributed by atoms with Gasteiger partial charge in [0.1, 0.15) is 0 Å². The second kappa shape index (κ2) is 7.92. The fourth-order valence-electron chi connectivity index (χ4n) is 2.47. The summed E-state index contributed by atoms with van der Waals surface area (Å²) in [5, 5.41) is 21.5. The third-order valence-electron chi connectivity index (χ3n) is 3.74. The highest BCUT2D eigenvalue weighted by molar-refractivity contribution is 8.15. The van der Waals surface area contributed by atoms with Crippen LogP contribution in [0.2, 0.25) is 0 Å². The van der Waals surface area contributed by atoms with Gasteiger partial charge < -0.3 is 5.32 Å². The Balaban J connectivity index is 1.61. The van der Waals surface area contributed by atoms with Crippen LogP contribution in [-0.2, 0) is 11.2 Å². The highest BCUT2D eigenvalue weighted by Gasteiger charge is 2.30. The maximum atomic E-state index is 12.1. The normalized spacial score (nSPS) is 18.4. The van der Waals surface area contributed by atoms with E-state index in [9.17, 15) is 14.9 Å². The molecule has 0 aromatic heterocycles. The summed E-state index contributed by atoms with van der Waals surface area (Å²) >= 11 is 1.35. The predicted molar refractivity (Wildman–Crippen MR) is 103 cm³/mol. The van der Waals surface area contributed by atoms with Gasteiger partial charge in [0.05, 0.1) is 16.4 Å². The highest BCUT2D eigenvalue weighted by atomic mass is 32.2. The van der Waals surface area contributed by atoms with Crippen molar-refractivity contribution in [2.24, 2.45) is 10.2 Å². The average molecular weight is 368 g/mol. The van der Waals surface area contributed by atoms with E-state index in [1.165, 1.54) is 30.1 Å². The molecule has 0 saturated carbocycles. The van der Waals surface area contributed by atoms with Crippen LogP contribution in [0.3, 0.4) is 0 Å². The van der Waals surface area contributed by atoms with Gasteiger partial charge in [-0.25, -0.2) is 0 Å². The van der Waals surface area contributed by atoms with Gasteiger partial charge in [-0.1, -0.05) is 41.6 Å². The van der Waals surface area contributed by atoms with Gasteiger partial charge in [0.2, 0.25) is 5.91 Å². The summed E-state index contributed by atoms with van der Waals surface area (Å²) in [7, 11) is 0. The van der Waals surface area contributed by atoms with Gasteiger partial charge in [-0.05, 0) is 36.6 Å². The molecule has 0 unspecified atom stereocenters. The Morgan fingerprint density at radius 3 is 2.73 bits per heavy atom. The van der Waals surface area contributed by atoms with Crippen LogP contribution in [0.25, 0.3) is 0 Å². The van der Waals surface area contributed by atoms with Crippen LogP contribution >= 0.6 is 11.8 Å². The van der Waals surface area contributed by atoms with Crippen LogP contribution in [0.15, 0.2) is 58.7 Å². The summed E-state index contributed by atoms with van der Waals surface area (Å²) in [6, 6.07) is 14.0. The van der Waals surface area contributed by atoms with Crippen molar-refractivity contribution in [2.75, 3.05) is 0 Å². The van der Waals surface area contributed by atoms with E-state index in [4.69, 9.17) is 0 Å². The van der Waals surface area contributed by atoms with E-state index in [0.29, 0.717) is 17.2 Å². The number of carbonyl (C=O) groups excluding carboxylic acids is 1. The van der Waals surface area contributed by atoms with Gasteiger partial charge in [0.15, 0.2) is 5.17 Å². The summed E-state index contributed by atoms with van der Waals surface area (Å²) in [5.74, 6) is -0.0826. The number of thioether (sulfide) groups is 1. The summed E-state index contributed by atoms with van der Waals surface area (Å²) in [5.41, 5.74) is 2.97. The Kier molecular flexibility index (Phi) is 5.43. The molecule has 0 radical (unpaired) electrons. The number of hydrogen-bond donors (Lipinski definition) is 1. The van der Waals surface area contributed by atoms with Crippen LogP contribution in [0.4, 0.5) is 5.69 Å². The minimum Gasteiger partial charge on any atom is -0.303 e. The molecule has 0 aliphatic carbocycles. The number of nitro benzene ring substituents is 1. The molecule has 1 N–H and O–H groups in total. The quantitative estimate of drug-likeness (QED) is 0.498. The number of nitrogens with zero attached hydrogens (tertiary/aromatic N) is 3. The summed E-state index contributed by atoms with van der Waals surface area (Å²) in [6.07, 6.45) is 2.11. The van der Waals surface area contributed by atoms with Gasteiger partial charge in [0.25, 0.3) is 5.69 Å². The van der Waals surface area contributed by atoms with Crippen LogP contribution < -0.4 is 5.32 Å². The zero-order valence-electron chi connectivity index (χ0n) is 14.0. The maximum Gasteiger partial charge on any atom is 0.269 e. The first-order valence-electron chi connectivity index (χ1n) is 7.90. The SMILES string of the molecule is Cc1cccc(C[C@@H]2S/C(=N/N=Cc3ccc([N+](=O)[O-])cc3)NC2=O)c1. The van der Waals surface area contributed by atoms with Crippen LogP contribution in [0.5, 0.6) is 0 Å². The lowest BCUT2D eigenvalue weighted by molar-refractivity contribution is -0.384. The summed E-state index contributed by atoms with van der Waals surface area (Å²) in [6.45, 7) is 2.02. The molecular weight excluding hydrogens is 352 g/mol. The minimum atomic E-state index is -0.458. The number of hydrogen-bond acceptors (Lipinski definition) is 6. The second-order valence-electron chi connectivity index (χ2n) is 5.79. The Labute approximate surface area is 154 Å². The van der Waals surface area contributed by atoms with E-state index >= 15 is 0 Å². The Hall–Kier alpha value is -3.00. The monoisotopic (exact) mass is 368 g/mol. The zero-order chi connectivity index (χ0) is 18.5. The second-order valence-corrected chi connectivity index (χ2v) is 6.98. The number of non-ortho nitro benzene ring substituents is 1. The molecule has 1 aliphatic heterocycles. The first-order chi connectivity index (χ1) is 12.5. The molecule has 1 heterocycles. The number of amides is 1. The number of nitro groups is 1. The van der Waals surface area contributed by atoms with Crippen LogP contribution in [0, 0.1) is 17.0 Å². The molecular formula is C18H16N4O3S. The van der Waals surface area contributed by atoms with Gasteiger partial charge in [-0.15, -0.1) is 5.10 Å². The van der Waals surface area contributed by atoms with Crippen molar-refractivity contribution < 1.29 is 9.72 Å². The molecule has 8 heteroatoms. The lowest BCUT2D eigenvalue weighted by Gasteiger charge is -2.05. The van der Waals surface area contributed by atoms with Gasteiger partial charge >= 0.3 is 0 Å². The number of nitrogens with one attached hydrogen (secondary N) is 1. The summed E-state index contributed by atoms with van der Waals surface area (Å²) in [4.78, 5) is 22.2. The van der Waals surface area contributed by atoms with E-state index in [2.05, 4.69) is 21.6 Å². The first-order valence-corrected chi connectivity index (χ1v) is 8.78. The fourth-order valence-corrected chi connectivity index (χ4v) is 3.43. The van der Waals surface area contributed by atoms with Gasteiger partial charge in [0, 0.05) is 12.1 Å². The number of benzene rings is 2. The lowest BCUT2D eigenvalue weighted by Crippen LogP contribution is -2.25. The molecule has 26 heavy (non-hydrogen) atoms. The molecule has 1 atom stereocenters. The predicted octanol–water partition coefficient (Wildman–Crippen LogP) is 3.07. The van der Waals surface area contributed by atoms with Crippen molar-refractivity contribution in [1.29, 1.82) is 0 Å². The third kappa shape index (κ3) is 4.54. The minimum absolute atomic E-state index is 0.0195. The molecule has 1 fully saturated rings. The fraction of sp³-hybridized carbons (Fsp3) is 0.167. The van der Waals surface area contributed by atoms with Gasteiger partial charge in [-0.3, -0.25) is 14.9 Å². The molecule has 1 amide bonds. The van der Waals surface area contributed by atoms with E-state index in [-0.39, 0.29) is 16.8 Å². The zero-order valence-corrected chi connectivity index (χ0v) is 14.8. The van der Waals surface area contributed by atoms with Crippen molar-refractivity contribution >= 4 is 34.7 Å². The third-order valence-corrected chi connectivity index (χ3v) is 4.81. The smallest absolute Gasteiger partial charge is 0.269 e. The van der Waals surface area contributed by atoms with E-state index < -0.39 is 4.92 Å². The van der Waals surface area contributed by atoms with E-state index in [1.807, 2.05) is 25.1 Å². The van der Waals surface area contributed by atoms with Crippen molar-refractivity contribution in [3.63, 3.8) is 0 Å². The number of aryl methyl sites for hydroxylation is 1.